The fraction of sp³-hybridized carbons (Fsp3) is 0.250. The number of benzene rings is 2. The Kier molecular flexibility index (Phi) is 6.12. The van der Waals surface area contributed by atoms with Crippen molar-refractivity contribution < 1.29 is 4.79 Å². The monoisotopic (exact) mass is 308 g/mol. The van der Waals surface area contributed by atoms with Gasteiger partial charge in [-0.2, -0.15) is 0 Å². The lowest BCUT2D eigenvalue weighted by molar-refractivity contribution is -0.126. The fourth-order valence-corrected chi connectivity index (χ4v) is 2.82. The molecule has 0 heterocycles. The molecule has 1 amide bonds. The van der Waals surface area contributed by atoms with Gasteiger partial charge in [0, 0.05) is 19.6 Å². The summed E-state index contributed by atoms with van der Waals surface area (Å²) in [5.41, 5.74) is 2.16. The van der Waals surface area contributed by atoms with E-state index < -0.39 is 0 Å². The van der Waals surface area contributed by atoms with Gasteiger partial charge in [-0.25, -0.2) is 0 Å². The second kappa shape index (κ2) is 8.30. The van der Waals surface area contributed by atoms with E-state index >= 15 is 0 Å². The standard InChI is InChI=1S/C20H24N2O/c1-4-15-22(16(2)17-11-7-5-8-12-17)19(20(23)21-3)18-13-9-6-10-14-18/h4-14,16,19H,1,15H2,2-3H3,(H,21,23)/t16-,19-/m0/s1. The molecule has 0 saturated carbocycles. The largest absolute Gasteiger partial charge is 0.358 e. The number of hydrogen-bond donors (Lipinski definition) is 1. The first kappa shape index (κ1) is 17.0. The van der Waals surface area contributed by atoms with Crippen LogP contribution < -0.4 is 5.32 Å². The van der Waals surface area contributed by atoms with E-state index in [1.807, 2.05) is 54.6 Å². The predicted molar refractivity (Wildman–Crippen MR) is 95.0 cm³/mol. The van der Waals surface area contributed by atoms with E-state index in [0.717, 1.165) is 5.56 Å². The van der Waals surface area contributed by atoms with Crippen molar-refractivity contribution in [3.05, 3.63) is 84.4 Å². The van der Waals surface area contributed by atoms with Gasteiger partial charge in [0.15, 0.2) is 0 Å². The highest BCUT2D eigenvalue weighted by atomic mass is 16.2. The zero-order chi connectivity index (χ0) is 16.7. The van der Waals surface area contributed by atoms with Gasteiger partial charge in [0.1, 0.15) is 6.04 Å². The molecule has 3 nitrogen and oxygen atoms in total. The highest BCUT2D eigenvalue weighted by Crippen LogP contribution is 2.30. The third-order valence-electron chi connectivity index (χ3n) is 4.06. The van der Waals surface area contributed by atoms with Crippen LogP contribution in [0.25, 0.3) is 0 Å². The SMILES string of the molecule is C=CCN([C@H](C(=O)NC)c1ccccc1)[C@@H](C)c1ccccc1. The smallest absolute Gasteiger partial charge is 0.241 e. The molecule has 0 spiro atoms. The van der Waals surface area contributed by atoms with Gasteiger partial charge in [-0.05, 0) is 18.1 Å². The maximum Gasteiger partial charge on any atom is 0.241 e. The van der Waals surface area contributed by atoms with Gasteiger partial charge in [0.25, 0.3) is 0 Å². The molecule has 0 bridgehead atoms. The number of nitrogens with one attached hydrogen (secondary N) is 1. The summed E-state index contributed by atoms with van der Waals surface area (Å²) in [6.07, 6.45) is 1.85. The summed E-state index contributed by atoms with van der Waals surface area (Å²) in [6, 6.07) is 19.8. The van der Waals surface area contributed by atoms with Crippen LogP contribution in [0.1, 0.15) is 30.1 Å². The molecule has 3 heteroatoms. The first-order chi connectivity index (χ1) is 11.2. The number of nitrogens with zero attached hydrogens (tertiary/aromatic N) is 1. The summed E-state index contributed by atoms with van der Waals surface area (Å²) < 4.78 is 0. The normalized spacial score (nSPS) is 13.3. The van der Waals surface area contributed by atoms with Crippen molar-refractivity contribution in [1.82, 2.24) is 10.2 Å². The van der Waals surface area contributed by atoms with Crippen LogP contribution >= 0.6 is 0 Å². The average Bonchev–Trinajstić information content (AvgIpc) is 2.62. The molecule has 0 aliphatic carbocycles. The lowest BCUT2D eigenvalue weighted by Gasteiger charge is -2.35. The van der Waals surface area contributed by atoms with Gasteiger partial charge in [-0.3, -0.25) is 9.69 Å². The minimum absolute atomic E-state index is 0.0131. The molecule has 0 aliphatic rings. The Hall–Kier alpha value is -2.39. The van der Waals surface area contributed by atoms with E-state index in [-0.39, 0.29) is 18.0 Å². The van der Waals surface area contributed by atoms with Crippen molar-refractivity contribution in [2.45, 2.75) is 19.0 Å². The van der Waals surface area contributed by atoms with Crippen LogP contribution in [-0.4, -0.2) is 24.4 Å². The summed E-state index contributed by atoms with van der Waals surface area (Å²) in [5, 5.41) is 2.79. The number of likely N-dealkylation sites (N-methyl/N-ethyl adjacent to an activating group) is 1. The first-order valence-electron chi connectivity index (χ1n) is 7.87. The molecular weight excluding hydrogens is 284 g/mol. The molecule has 2 rings (SSSR count). The maximum atomic E-state index is 12.6. The highest BCUT2D eigenvalue weighted by Gasteiger charge is 2.30. The van der Waals surface area contributed by atoms with E-state index in [1.54, 1.807) is 7.05 Å². The van der Waals surface area contributed by atoms with Crippen LogP contribution in [0.2, 0.25) is 0 Å². The van der Waals surface area contributed by atoms with Crippen LogP contribution in [0.3, 0.4) is 0 Å². The predicted octanol–water partition coefficient (Wildman–Crippen LogP) is 3.72. The molecule has 23 heavy (non-hydrogen) atoms. The van der Waals surface area contributed by atoms with Crippen molar-refractivity contribution in [2.75, 3.05) is 13.6 Å². The molecule has 2 aromatic rings. The zero-order valence-corrected chi connectivity index (χ0v) is 13.8. The third-order valence-corrected chi connectivity index (χ3v) is 4.06. The second-order valence-corrected chi connectivity index (χ2v) is 5.50. The van der Waals surface area contributed by atoms with E-state index in [1.165, 1.54) is 5.56 Å². The summed E-state index contributed by atoms with van der Waals surface area (Å²) in [5.74, 6) is -0.0131. The highest BCUT2D eigenvalue weighted by molar-refractivity contribution is 5.83. The Labute approximate surface area is 138 Å². The van der Waals surface area contributed by atoms with Gasteiger partial charge in [-0.1, -0.05) is 66.7 Å². The van der Waals surface area contributed by atoms with E-state index in [0.29, 0.717) is 6.54 Å². The molecule has 2 aromatic carbocycles. The van der Waals surface area contributed by atoms with Crippen LogP contribution in [0, 0.1) is 0 Å². The maximum absolute atomic E-state index is 12.6. The van der Waals surface area contributed by atoms with Gasteiger partial charge < -0.3 is 5.32 Å². The lowest BCUT2D eigenvalue weighted by Crippen LogP contribution is -2.40. The molecule has 1 N–H and O–H groups in total. The number of hydrogen-bond acceptors (Lipinski definition) is 2. The van der Waals surface area contributed by atoms with E-state index in [9.17, 15) is 4.79 Å². The molecule has 0 radical (unpaired) electrons. The zero-order valence-electron chi connectivity index (χ0n) is 13.8. The van der Waals surface area contributed by atoms with Gasteiger partial charge in [-0.15, -0.1) is 6.58 Å². The molecule has 0 saturated heterocycles. The Balaban J connectivity index is 2.42. The van der Waals surface area contributed by atoms with Crippen LogP contribution in [0.15, 0.2) is 73.3 Å². The van der Waals surface area contributed by atoms with E-state index in [2.05, 4.69) is 35.9 Å². The van der Waals surface area contributed by atoms with Crippen LogP contribution in [0.4, 0.5) is 0 Å². The Morgan fingerprint density at radius 2 is 1.61 bits per heavy atom. The van der Waals surface area contributed by atoms with Gasteiger partial charge >= 0.3 is 0 Å². The summed E-state index contributed by atoms with van der Waals surface area (Å²) >= 11 is 0. The number of rotatable bonds is 7. The first-order valence-corrected chi connectivity index (χ1v) is 7.87. The Morgan fingerprint density at radius 3 is 2.09 bits per heavy atom. The lowest BCUT2D eigenvalue weighted by atomic mass is 9.99. The third kappa shape index (κ3) is 4.08. The number of carbonyl (C=O) groups is 1. The average molecular weight is 308 g/mol. The topological polar surface area (TPSA) is 32.3 Å². The fourth-order valence-electron chi connectivity index (χ4n) is 2.82. The van der Waals surface area contributed by atoms with Crippen molar-refractivity contribution in [2.24, 2.45) is 0 Å². The van der Waals surface area contributed by atoms with E-state index in [4.69, 9.17) is 0 Å². The minimum atomic E-state index is -0.352. The molecule has 0 unspecified atom stereocenters. The summed E-state index contributed by atoms with van der Waals surface area (Å²) in [4.78, 5) is 14.7. The Bertz CT molecular complexity index is 625. The van der Waals surface area contributed by atoms with Gasteiger partial charge in [0.05, 0.1) is 0 Å². The molecule has 0 aliphatic heterocycles. The van der Waals surface area contributed by atoms with Gasteiger partial charge in [0.2, 0.25) is 5.91 Å². The number of amides is 1. The molecule has 0 fully saturated rings. The number of carbonyl (C=O) groups excluding carboxylic acids is 1. The van der Waals surface area contributed by atoms with Crippen molar-refractivity contribution in [3.8, 4) is 0 Å². The quantitative estimate of drug-likeness (QED) is 0.791. The van der Waals surface area contributed by atoms with Crippen molar-refractivity contribution in [3.63, 3.8) is 0 Å². The molecule has 120 valence electrons. The summed E-state index contributed by atoms with van der Waals surface area (Å²) in [7, 11) is 1.68. The van der Waals surface area contributed by atoms with Crippen molar-refractivity contribution in [1.29, 1.82) is 0 Å². The van der Waals surface area contributed by atoms with Crippen LogP contribution in [-0.2, 0) is 4.79 Å². The molecule has 2 atom stereocenters. The summed E-state index contributed by atoms with van der Waals surface area (Å²) in [6.45, 7) is 6.62. The Morgan fingerprint density at radius 1 is 1.09 bits per heavy atom. The van der Waals surface area contributed by atoms with Crippen molar-refractivity contribution >= 4 is 5.91 Å². The minimum Gasteiger partial charge on any atom is -0.358 e. The second-order valence-electron chi connectivity index (χ2n) is 5.50. The van der Waals surface area contributed by atoms with Crippen LogP contribution in [0.5, 0.6) is 0 Å². The molecular formula is C20H24N2O. The molecule has 0 aromatic heterocycles.